The normalized spacial score (nSPS) is 21.9. The molecular formula is C18H33N3O2. The molecule has 2 aliphatic rings. The summed E-state index contributed by atoms with van der Waals surface area (Å²) in [6, 6.07) is 0.276. The third-order valence-electron chi connectivity index (χ3n) is 4.45. The van der Waals surface area contributed by atoms with Gasteiger partial charge in [0.1, 0.15) is 0 Å². The van der Waals surface area contributed by atoms with Crippen LogP contribution in [0.4, 0.5) is 0 Å². The van der Waals surface area contributed by atoms with Gasteiger partial charge in [0.05, 0.1) is 12.6 Å². The predicted octanol–water partition coefficient (Wildman–Crippen LogP) is 1.87. The van der Waals surface area contributed by atoms with Crippen LogP contribution >= 0.6 is 0 Å². The first-order valence-electron chi connectivity index (χ1n) is 9.19. The summed E-state index contributed by atoms with van der Waals surface area (Å²) in [5.41, 5.74) is 0. The van der Waals surface area contributed by atoms with Crippen LogP contribution in [0.15, 0.2) is 0 Å². The second-order valence-electron chi connectivity index (χ2n) is 8.00. The fourth-order valence-corrected chi connectivity index (χ4v) is 3.27. The van der Waals surface area contributed by atoms with E-state index in [4.69, 9.17) is 0 Å². The van der Waals surface area contributed by atoms with Gasteiger partial charge in [0, 0.05) is 19.1 Å². The van der Waals surface area contributed by atoms with Crippen LogP contribution in [0.3, 0.4) is 0 Å². The number of likely N-dealkylation sites (tertiary alicyclic amines) is 1. The van der Waals surface area contributed by atoms with Crippen LogP contribution in [-0.2, 0) is 9.59 Å². The Hall–Kier alpha value is -1.10. The maximum atomic E-state index is 12.7. The number of nitrogens with zero attached hydrogens (tertiary/aromatic N) is 2. The van der Waals surface area contributed by atoms with E-state index >= 15 is 0 Å². The maximum Gasteiger partial charge on any atom is 0.237 e. The molecule has 1 heterocycles. The van der Waals surface area contributed by atoms with Crippen LogP contribution in [0, 0.1) is 11.8 Å². The molecule has 132 valence electrons. The van der Waals surface area contributed by atoms with E-state index in [1.165, 1.54) is 0 Å². The number of carbonyl (C=O) groups is 2. The molecular weight excluding hydrogens is 290 g/mol. The van der Waals surface area contributed by atoms with Crippen molar-refractivity contribution in [1.29, 1.82) is 0 Å². The Kier molecular flexibility index (Phi) is 6.45. The smallest absolute Gasteiger partial charge is 0.237 e. The van der Waals surface area contributed by atoms with Crippen LogP contribution in [0.2, 0.25) is 0 Å². The molecule has 2 amide bonds. The second kappa shape index (κ2) is 8.13. The zero-order chi connectivity index (χ0) is 17.0. The van der Waals surface area contributed by atoms with E-state index in [0.29, 0.717) is 24.4 Å². The fourth-order valence-electron chi connectivity index (χ4n) is 3.27. The van der Waals surface area contributed by atoms with Gasteiger partial charge in [-0.05, 0) is 44.1 Å². The number of rotatable bonds is 8. The first-order chi connectivity index (χ1) is 10.9. The fraction of sp³-hybridized carbons (Fsp3) is 0.889. The molecule has 5 nitrogen and oxygen atoms in total. The number of carbonyl (C=O) groups excluding carboxylic acids is 2. The van der Waals surface area contributed by atoms with Gasteiger partial charge >= 0.3 is 0 Å². The average Bonchev–Trinajstić information content (AvgIpc) is 3.13. The minimum absolute atomic E-state index is 0.112. The van der Waals surface area contributed by atoms with E-state index in [2.05, 4.69) is 37.9 Å². The summed E-state index contributed by atoms with van der Waals surface area (Å²) in [6.45, 7) is 11.4. The van der Waals surface area contributed by atoms with Crippen LogP contribution in [0.1, 0.15) is 53.4 Å². The Morgan fingerprint density at radius 2 is 1.70 bits per heavy atom. The van der Waals surface area contributed by atoms with Gasteiger partial charge in [-0.3, -0.25) is 14.5 Å². The van der Waals surface area contributed by atoms with Gasteiger partial charge in [0.2, 0.25) is 11.8 Å². The first-order valence-corrected chi connectivity index (χ1v) is 9.19. The van der Waals surface area contributed by atoms with Gasteiger partial charge in [-0.1, -0.05) is 27.7 Å². The Morgan fingerprint density at radius 1 is 1.09 bits per heavy atom. The van der Waals surface area contributed by atoms with E-state index in [1.807, 2.05) is 4.90 Å². The van der Waals surface area contributed by atoms with Crippen molar-refractivity contribution in [3.63, 3.8) is 0 Å². The molecule has 1 saturated heterocycles. The lowest BCUT2D eigenvalue weighted by atomic mass is 10.1. The third kappa shape index (κ3) is 5.79. The van der Waals surface area contributed by atoms with Gasteiger partial charge in [0.25, 0.3) is 0 Å². The highest BCUT2D eigenvalue weighted by Crippen LogP contribution is 2.22. The summed E-state index contributed by atoms with van der Waals surface area (Å²) in [7, 11) is 0. The molecule has 0 aromatic rings. The van der Waals surface area contributed by atoms with E-state index < -0.39 is 0 Å². The SMILES string of the molecule is CC(C)CN(CC(C)C)C(=O)CN1CCCC1C(=O)NC1CC1. The Balaban J connectivity index is 1.91. The summed E-state index contributed by atoms with van der Waals surface area (Å²) in [4.78, 5) is 29.1. The highest BCUT2D eigenvalue weighted by atomic mass is 16.2. The maximum absolute atomic E-state index is 12.7. The van der Waals surface area contributed by atoms with Crippen molar-refractivity contribution in [2.45, 2.75) is 65.5 Å². The van der Waals surface area contributed by atoms with Gasteiger partial charge in [-0.15, -0.1) is 0 Å². The van der Waals surface area contributed by atoms with E-state index in [1.54, 1.807) is 0 Å². The Labute approximate surface area is 140 Å². The van der Waals surface area contributed by atoms with Crippen molar-refractivity contribution >= 4 is 11.8 Å². The zero-order valence-electron chi connectivity index (χ0n) is 15.2. The quantitative estimate of drug-likeness (QED) is 0.742. The molecule has 2 fully saturated rings. The number of hydrogen-bond donors (Lipinski definition) is 1. The van der Waals surface area contributed by atoms with Crippen molar-refractivity contribution < 1.29 is 9.59 Å². The largest absolute Gasteiger partial charge is 0.352 e. The van der Waals surface area contributed by atoms with Crippen molar-refractivity contribution in [2.24, 2.45) is 11.8 Å². The van der Waals surface area contributed by atoms with Crippen LogP contribution in [0.5, 0.6) is 0 Å². The highest BCUT2D eigenvalue weighted by molar-refractivity contribution is 5.84. The summed E-state index contributed by atoms with van der Waals surface area (Å²) >= 11 is 0. The minimum atomic E-state index is -0.112. The standard InChI is InChI=1S/C18H33N3O2/c1-13(2)10-21(11-14(3)4)17(22)12-20-9-5-6-16(20)18(23)19-15-7-8-15/h13-16H,5-12H2,1-4H3,(H,19,23). The molecule has 0 aromatic carbocycles. The average molecular weight is 323 g/mol. The highest BCUT2D eigenvalue weighted by Gasteiger charge is 2.35. The molecule has 5 heteroatoms. The predicted molar refractivity (Wildman–Crippen MR) is 92.0 cm³/mol. The van der Waals surface area contributed by atoms with Gasteiger partial charge in [0.15, 0.2) is 0 Å². The molecule has 0 aromatic heterocycles. The Bertz CT molecular complexity index is 408. The van der Waals surface area contributed by atoms with Crippen molar-refractivity contribution in [3.8, 4) is 0 Å². The summed E-state index contributed by atoms with van der Waals surface area (Å²) < 4.78 is 0. The number of amides is 2. The molecule has 1 unspecified atom stereocenters. The molecule has 1 N–H and O–H groups in total. The van der Waals surface area contributed by atoms with E-state index in [9.17, 15) is 9.59 Å². The van der Waals surface area contributed by atoms with Crippen molar-refractivity contribution in [1.82, 2.24) is 15.1 Å². The van der Waals surface area contributed by atoms with E-state index in [0.717, 1.165) is 45.3 Å². The summed E-state index contributed by atoms with van der Waals surface area (Å²) in [6.07, 6.45) is 4.09. The van der Waals surface area contributed by atoms with Crippen LogP contribution < -0.4 is 5.32 Å². The minimum Gasteiger partial charge on any atom is -0.352 e. The van der Waals surface area contributed by atoms with Gasteiger partial charge < -0.3 is 10.2 Å². The van der Waals surface area contributed by atoms with Crippen molar-refractivity contribution in [3.05, 3.63) is 0 Å². The summed E-state index contributed by atoms with van der Waals surface area (Å²) in [5.74, 6) is 1.21. The first kappa shape index (κ1) is 18.2. The lowest BCUT2D eigenvalue weighted by Gasteiger charge is -2.30. The van der Waals surface area contributed by atoms with Gasteiger partial charge in [-0.25, -0.2) is 0 Å². The number of hydrogen-bond acceptors (Lipinski definition) is 3. The van der Waals surface area contributed by atoms with Crippen LogP contribution in [-0.4, -0.2) is 59.9 Å². The molecule has 1 saturated carbocycles. The molecule has 23 heavy (non-hydrogen) atoms. The monoisotopic (exact) mass is 323 g/mol. The molecule has 1 aliphatic heterocycles. The number of nitrogens with one attached hydrogen (secondary N) is 1. The molecule has 1 atom stereocenters. The topological polar surface area (TPSA) is 52.7 Å². The Morgan fingerprint density at radius 3 is 2.22 bits per heavy atom. The molecule has 2 rings (SSSR count). The third-order valence-corrected chi connectivity index (χ3v) is 4.45. The second-order valence-corrected chi connectivity index (χ2v) is 8.00. The lowest BCUT2D eigenvalue weighted by Crippen LogP contribution is -2.49. The molecule has 0 bridgehead atoms. The molecule has 0 spiro atoms. The molecule has 1 aliphatic carbocycles. The zero-order valence-corrected chi connectivity index (χ0v) is 15.2. The van der Waals surface area contributed by atoms with E-state index in [-0.39, 0.29) is 17.9 Å². The molecule has 0 radical (unpaired) electrons. The lowest BCUT2D eigenvalue weighted by molar-refractivity contribution is -0.135. The summed E-state index contributed by atoms with van der Waals surface area (Å²) in [5, 5.41) is 3.09. The van der Waals surface area contributed by atoms with Gasteiger partial charge in [-0.2, -0.15) is 0 Å². The van der Waals surface area contributed by atoms with Crippen LogP contribution in [0.25, 0.3) is 0 Å². The van der Waals surface area contributed by atoms with Crippen molar-refractivity contribution in [2.75, 3.05) is 26.2 Å².